The van der Waals surface area contributed by atoms with Crippen LogP contribution in [0.5, 0.6) is 0 Å². The Balaban J connectivity index is 1.62. The Labute approximate surface area is 156 Å². The first-order valence-corrected chi connectivity index (χ1v) is 8.77. The molecule has 0 bridgehead atoms. The quantitative estimate of drug-likeness (QED) is 0.694. The first-order valence-electron chi connectivity index (χ1n) is 8.77. The highest BCUT2D eigenvalue weighted by Crippen LogP contribution is 2.30. The fourth-order valence-corrected chi connectivity index (χ4v) is 2.76. The molecule has 0 radical (unpaired) electrons. The number of carbonyl (C=O) groups excluding carboxylic acids is 1. The van der Waals surface area contributed by atoms with Gasteiger partial charge >= 0.3 is 5.76 Å². The van der Waals surface area contributed by atoms with Gasteiger partial charge in [0.2, 0.25) is 5.91 Å². The average Bonchev–Trinajstić information content (AvgIpc) is 3.27. The molecule has 0 spiro atoms. The van der Waals surface area contributed by atoms with E-state index in [-0.39, 0.29) is 11.3 Å². The topological polar surface area (TPSA) is 106 Å². The molecule has 3 rings (SSSR count). The second-order valence-electron chi connectivity index (χ2n) is 7.48. The number of hydrogen-bond donors (Lipinski definition) is 2. The van der Waals surface area contributed by atoms with E-state index in [0.29, 0.717) is 18.7 Å². The number of nitrogens with zero attached hydrogens (tertiary/aromatic N) is 3. The van der Waals surface area contributed by atoms with Crippen molar-refractivity contribution in [3.8, 4) is 5.69 Å². The van der Waals surface area contributed by atoms with E-state index < -0.39 is 11.8 Å². The summed E-state index contributed by atoms with van der Waals surface area (Å²) < 4.78 is 6.36. The zero-order chi connectivity index (χ0) is 19.4. The highest BCUT2D eigenvalue weighted by molar-refractivity contribution is 5.76. The summed E-state index contributed by atoms with van der Waals surface area (Å²) in [6.07, 6.45) is 4.54. The molecule has 1 amide bonds. The maximum absolute atomic E-state index is 12.4. The summed E-state index contributed by atoms with van der Waals surface area (Å²) in [5.74, 6) is -0.453. The number of aryl methyl sites for hydroxylation is 1. The minimum absolute atomic E-state index is 0.133. The fourth-order valence-electron chi connectivity index (χ4n) is 2.76. The molecule has 27 heavy (non-hydrogen) atoms. The lowest BCUT2D eigenvalue weighted by molar-refractivity contribution is -0.122. The molecule has 2 N–H and O–H groups in total. The first-order chi connectivity index (χ1) is 12.8. The van der Waals surface area contributed by atoms with Crippen molar-refractivity contribution in [1.82, 2.24) is 25.2 Å². The fraction of sp³-hybridized carbons (Fsp3) is 0.368. The number of nitrogens with one attached hydrogen (secondary N) is 2. The minimum Gasteiger partial charge on any atom is -0.345 e. The molecule has 3 aromatic rings. The van der Waals surface area contributed by atoms with Crippen LogP contribution in [0.15, 0.2) is 52.0 Å². The van der Waals surface area contributed by atoms with Crippen molar-refractivity contribution in [3.63, 3.8) is 0 Å². The van der Waals surface area contributed by atoms with Crippen LogP contribution < -0.4 is 11.1 Å². The van der Waals surface area contributed by atoms with Crippen molar-refractivity contribution < 1.29 is 9.32 Å². The predicted molar refractivity (Wildman–Crippen MR) is 99.3 cm³/mol. The van der Waals surface area contributed by atoms with Gasteiger partial charge in [0.25, 0.3) is 0 Å². The highest BCUT2D eigenvalue weighted by Gasteiger charge is 2.31. The molecule has 0 saturated carbocycles. The van der Waals surface area contributed by atoms with Crippen molar-refractivity contribution in [2.75, 3.05) is 0 Å². The molecule has 0 aliphatic heterocycles. The molecule has 8 nitrogen and oxygen atoms in total. The monoisotopic (exact) mass is 369 g/mol. The molecular formula is C19H23N5O3. The number of H-pyrrole nitrogens is 1. The molecule has 1 unspecified atom stereocenters. The summed E-state index contributed by atoms with van der Waals surface area (Å²) in [5, 5.41) is 11.0. The van der Waals surface area contributed by atoms with E-state index in [0.717, 1.165) is 11.3 Å². The van der Waals surface area contributed by atoms with E-state index in [9.17, 15) is 9.59 Å². The zero-order valence-electron chi connectivity index (χ0n) is 15.6. The Kier molecular flexibility index (Phi) is 5.25. The molecule has 2 heterocycles. The van der Waals surface area contributed by atoms with Gasteiger partial charge in [0, 0.05) is 12.6 Å². The summed E-state index contributed by atoms with van der Waals surface area (Å²) in [4.78, 5) is 26.2. The van der Waals surface area contributed by atoms with Gasteiger partial charge in [-0.05, 0) is 29.5 Å². The Hall–Kier alpha value is -3.16. The highest BCUT2D eigenvalue weighted by atomic mass is 16.5. The molecule has 0 aliphatic carbocycles. The van der Waals surface area contributed by atoms with Crippen molar-refractivity contribution in [2.24, 2.45) is 5.41 Å². The second-order valence-corrected chi connectivity index (χ2v) is 7.48. The summed E-state index contributed by atoms with van der Waals surface area (Å²) in [7, 11) is 0. The van der Waals surface area contributed by atoms with Gasteiger partial charge in [-0.2, -0.15) is 5.10 Å². The van der Waals surface area contributed by atoms with Crippen LogP contribution in [0.4, 0.5) is 0 Å². The number of para-hydroxylation sites is 1. The maximum atomic E-state index is 12.4. The normalized spacial score (nSPS) is 12.7. The van der Waals surface area contributed by atoms with Gasteiger partial charge in [0.05, 0.1) is 17.9 Å². The van der Waals surface area contributed by atoms with Crippen LogP contribution in [0.1, 0.15) is 44.6 Å². The van der Waals surface area contributed by atoms with E-state index in [1.54, 1.807) is 10.9 Å². The molecular weight excluding hydrogens is 346 g/mol. The van der Waals surface area contributed by atoms with Crippen LogP contribution in [0, 0.1) is 5.41 Å². The Morgan fingerprint density at radius 2 is 2.04 bits per heavy atom. The van der Waals surface area contributed by atoms with Gasteiger partial charge in [0.15, 0.2) is 5.82 Å². The van der Waals surface area contributed by atoms with Crippen molar-refractivity contribution in [1.29, 1.82) is 0 Å². The Morgan fingerprint density at radius 1 is 1.30 bits per heavy atom. The maximum Gasteiger partial charge on any atom is 0.438 e. The first kappa shape index (κ1) is 18.6. The van der Waals surface area contributed by atoms with E-state index in [1.165, 1.54) is 0 Å². The molecule has 2 aromatic heterocycles. The van der Waals surface area contributed by atoms with E-state index in [4.69, 9.17) is 0 Å². The van der Waals surface area contributed by atoms with Crippen LogP contribution in [0.2, 0.25) is 0 Å². The summed E-state index contributed by atoms with van der Waals surface area (Å²) in [5.41, 5.74) is 1.60. The van der Waals surface area contributed by atoms with E-state index in [2.05, 4.69) is 25.1 Å². The molecule has 0 fully saturated rings. The number of hydrogen-bond acceptors (Lipinski definition) is 5. The van der Waals surface area contributed by atoms with Gasteiger partial charge < -0.3 is 5.32 Å². The molecule has 0 saturated heterocycles. The third-order valence-corrected chi connectivity index (χ3v) is 4.20. The number of carbonyl (C=O) groups is 1. The van der Waals surface area contributed by atoms with Crippen LogP contribution >= 0.6 is 0 Å². The van der Waals surface area contributed by atoms with Crippen LogP contribution in [0.3, 0.4) is 0 Å². The number of aromatic amines is 1. The van der Waals surface area contributed by atoms with E-state index in [1.807, 2.05) is 57.3 Å². The molecule has 1 aromatic carbocycles. The van der Waals surface area contributed by atoms with Gasteiger partial charge in [-0.15, -0.1) is 0 Å². The SMILES string of the molecule is CC(C)(C)C(NC(=O)CCc1cnn(-c2ccccc2)c1)c1noc(=O)[nH]1. The minimum atomic E-state index is -0.637. The Morgan fingerprint density at radius 3 is 2.67 bits per heavy atom. The van der Waals surface area contributed by atoms with Crippen LogP contribution in [-0.2, 0) is 11.2 Å². The molecule has 1 atom stereocenters. The smallest absolute Gasteiger partial charge is 0.345 e. The summed E-state index contributed by atoms with van der Waals surface area (Å²) in [6.45, 7) is 5.86. The van der Waals surface area contributed by atoms with Gasteiger partial charge in [0.1, 0.15) is 0 Å². The van der Waals surface area contributed by atoms with Crippen LogP contribution in [0.25, 0.3) is 5.69 Å². The number of benzene rings is 1. The lowest BCUT2D eigenvalue weighted by atomic mass is 9.86. The van der Waals surface area contributed by atoms with Crippen molar-refractivity contribution in [2.45, 2.75) is 39.7 Å². The largest absolute Gasteiger partial charge is 0.438 e. The number of rotatable bonds is 6. The summed E-state index contributed by atoms with van der Waals surface area (Å²) in [6, 6.07) is 9.33. The van der Waals surface area contributed by atoms with E-state index >= 15 is 0 Å². The molecule has 0 aliphatic rings. The Bertz CT molecular complexity index is 949. The second kappa shape index (κ2) is 7.61. The average molecular weight is 369 g/mol. The number of aromatic nitrogens is 4. The third-order valence-electron chi connectivity index (χ3n) is 4.20. The predicted octanol–water partition coefficient (Wildman–Crippen LogP) is 2.38. The third kappa shape index (κ3) is 4.72. The lowest BCUT2D eigenvalue weighted by Gasteiger charge is -2.29. The van der Waals surface area contributed by atoms with Gasteiger partial charge in [-0.1, -0.05) is 44.1 Å². The number of amides is 1. The van der Waals surface area contributed by atoms with Gasteiger partial charge in [-0.25, -0.2) is 9.48 Å². The lowest BCUT2D eigenvalue weighted by Crippen LogP contribution is -2.37. The van der Waals surface area contributed by atoms with Crippen LogP contribution in [-0.4, -0.2) is 25.8 Å². The van der Waals surface area contributed by atoms with Gasteiger partial charge in [-0.3, -0.25) is 14.3 Å². The standard InChI is InChI=1S/C19H23N5O3/c1-19(2,3)16(17-22-18(26)27-23-17)21-15(25)10-9-13-11-20-24(12-13)14-7-5-4-6-8-14/h4-8,11-12,16H,9-10H2,1-3H3,(H,21,25)(H,22,23,26). The molecule has 142 valence electrons. The molecule has 8 heteroatoms. The van der Waals surface area contributed by atoms with Crippen molar-refractivity contribution in [3.05, 3.63) is 64.7 Å². The zero-order valence-corrected chi connectivity index (χ0v) is 15.6. The summed E-state index contributed by atoms with van der Waals surface area (Å²) >= 11 is 0. The van der Waals surface area contributed by atoms with Crippen molar-refractivity contribution >= 4 is 5.91 Å².